The summed E-state index contributed by atoms with van der Waals surface area (Å²) in [6.07, 6.45) is 0. The molecule has 0 unspecified atom stereocenters. The number of anilines is 1. The minimum atomic E-state index is -0.0653. The van der Waals surface area contributed by atoms with Crippen LogP contribution in [-0.2, 0) is 4.74 Å². The van der Waals surface area contributed by atoms with E-state index in [0.717, 1.165) is 24.8 Å². The van der Waals surface area contributed by atoms with Gasteiger partial charge in [0.1, 0.15) is 16.8 Å². The van der Waals surface area contributed by atoms with Gasteiger partial charge in [0.05, 0.1) is 18.8 Å². The molecule has 0 aromatic carbocycles. The third-order valence-electron chi connectivity index (χ3n) is 3.14. The average Bonchev–Trinajstić information content (AvgIpc) is 2.27. The first-order valence-corrected chi connectivity index (χ1v) is 6.68. The van der Waals surface area contributed by atoms with Gasteiger partial charge >= 0.3 is 0 Å². The molecule has 2 rings (SSSR count). The molecule has 1 saturated heterocycles. The van der Waals surface area contributed by atoms with Crippen molar-refractivity contribution in [3.63, 3.8) is 0 Å². The largest absolute Gasteiger partial charge is 0.377 e. The summed E-state index contributed by atoms with van der Waals surface area (Å²) in [4.78, 5) is 11.1. The Morgan fingerprint density at radius 1 is 1.39 bits per heavy atom. The number of hydrogen-bond acceptors (Lipinski definition) is 4. The van der Waals surface area contributed by atoms with Gasteiger partial charge in [-0.3, -0.25) is 0 Å². The van der Waals surface area contributed by atoms with Gasteiger partial charge in [-0.25, -0.2) is 9.97 Å². The van der Waals surface area contributed by atoms with Crippen molar-refractivity contribution in [1.29, 1.82) is 0 Å². The summed E-state index contributed by atoms with van der Waals surface area (Å²) < 4.78 is 5.53. The van der Waals surface area contributed by atoms with Crippen LogP contribution in [0.4, 0.5) is 5.82 Å². The maximum absolute atomic E-state index is 6.10. The van der Waals surface area contributed by atoms with Crippen LogP contribution in [0.15, 0.2) is 6.07 Å². The predicted octanol–water partition coefficient (Wildman–Crippen LogP) is 2.87. The van der Waals surface area contributed by atoms with Crippen LogP contribution in [0, 0.1) is 0 Å². The van der Waals surface area contributed by atoms with E-state index in [0.29, 0.717) is 11.8 Å². The molecule has 18 heavy (non-hydrogen) atoms. The first kappa shape index (κ1) is 13.6. The highest BCUT2D eigenvalue weighted by atomic mass is 35.5. The number of ether oxygens (including phenoxy) is 1. The molecule has 1 aliphatic rings. The third-order valence-corrected chi connectivity index (χ3v) is 3.33. The molecule has 0 amide bonds. The van der Waals surface area contributed by atoms with E-state index in [1.54, 1.807) is 0 Å². The lowest BCUT2D eigenvalue weighted by Gasteiger charge is -2.43. The lowest BCUT2D eigenvalue weighted by molar-refractivity contribution is 0.0638. The van der Waals surface area contributed by atoms with Gasteiger partial charge in [0.25, 0.3) is 0 Å². The van der Waals surface area contributed by atoms with Gasteiger partial charge in [-0.2, -0.15) is 0 Å². The van der Waals surface area contributed by atoms with Crippen molar-refractivity contribution < 1.29 is 4.74 Å². The van der Waals surface area contributed by atoms with Gasteiger partial charge < -0.3 is 9.64 Å². The second-order valence-electron chi connectivity index (χ2n) is 5.58. The van der Waals surface area contributed by atoms with Crippen LogP contribution in [0.25, 0.3) is 0 Å². The molecule has 4 nitrogen and oxygen atoms in total. The number of rotatable bonds is 2. The lowest BCUT2D eigenvalue weighted by atomic mass is 10.0. The number of nitrogens with zero attached hydrogens (tertiary/aromatic N) is 3. The number of morpholine rings is 1. The Morgan fingerprint density at radius 3 is 2.72 bits per heavy atom. The summed E-state index contributed by atoms with van der Waals surface area (Å²) in [5.74, 6) is 1.96. The molecule has 2 heterocycles. The smallest absolute Gasteiger partial charge is 0.135 e. The van der Waals surface area contributed by atoms with Gasteiger partial charge in [0, 0.05) is 18.5 Å². The number of halogens is 1. The molecule has 0 spiro atoms. The fraction of sp³-hybridized carbons (Fsp3) is 0.692. The fourth-order valence-electron chi connectivity index (χ4n) is 2.10. The topological polar surface area (TPSA) is 38.2 Å². The zero-order chi connectivity index (χ0) is 13.3. The van der Waals surface area contributed by atoms with Crippen LogP contribution < -0.4 is 4.90 Å². The molecule has 1 aromatic heterocycles. The van der Waals surface area contributed by atoms with Gasteiger partial charge in [-0.1, -0.05) is 25.4 Å². The maximum atomic E-state index is 6.10. The quantitative estimate of drug-likeness (QED) is 0.774. The van der Waals surface area contributed by atoms with Gasteiger partial charge in [0.15, 0.2) is 0 Å². The van der Waals surface area contributed by atoms with Crippen molar-refractivity contribution in [2.24, 2.45) is 0 Å². The summed E-state index contributed by atoms with van der Waals surface area (Å²) in [5, 5.41) is 0.506. The maximum Gasteiger partial charge on any atom is 0.135 e. The normalized spacial score (nSPS) is 19.3. The molecule has 1 aliphatic heterocycles. The third kappa shape index (κ3) is 2.75. The van der Waals surface area contributed by atoms with E-state index in [9.17, 15) is 0 Å². The highest BCUT2D eigenvalue weighted by Gasteiger charge is 2.32. The summed E-state index contributed by atoms with van der Waals surface area (Å²) >= 11 is 6.10. The molecule has 0 radical (unpaired) electrons. The van der Waals surface area contributed by atoms with Crippen LogP contribution >= 0.6 is 11.6 Å². The molecule has 0 saturated carbocycles. The van der Waals surface area contributed by atoms with Crippen LogP contribution in [0.5, 0.6) is 0 Å². The van der Waals surface area contributed by atoms with E-state index in [1.165, 1.54) is 0 Å². The van der Waals surface area contributed by atoms with E-state index in [1.807, 2.05) is 6.07 Å². The average molecular weight is 270 g/mol. The Hall–Kier alpha value is -0.870. The predicted molar refractivity (Wildman–Crippen MR) is 73.4 cm³/mol. The minimum absolute atomic E-state index is 0.0653. The monoisotopic (exact) mass is 269 g/mol. The zero-order valence-electron chi connectivity index (χ0n) is 11.4. The Morgan fingerprint density at radius 2 is 2.11 bits per heavy atom. The van der Waals surface area contributed by atoms with Crippen molar-refractivity contribution >= 4 is 17.4 Å². The molecule has 1 fully saturated rings. The lowest BCUT2D eigenvalue weighted by Crippen LogP contribution is -2.53. The van der Waals surface area contributed by atoms with E-state index >= 15 is 0 Å². The van der Waals surface area contributed by atoms with E-state index < -0.39 is 0 Å². The minimum Gasteiger partial charge on any atom is -0.377 e. The van der Waals surface area contributed by atoms with E-state index in [4.69, 9.17) is 16.3 Å². The van der Waals surface area contributed by atoms with E-state index in [2.05, 4.69) is 42.6 Å². The van der Waals surface area contributed by atoms with Gasteiger partial charge in [0.2, 0.25) is 0 Å². The first-order valence-electron chi connectivity index (χ1n) is 6.30. The standard InChI is InChI=1S/C13H20ClN3O/c1-9(2)12-15-10(14)7-11(16-12)17-5-6-18-8-13(17,3)4/h7,9H,5-6,8H2,1-4H3. The highest BCUT2D eigenvalue weighted by molar-refractivity contribution is 6.29. The molecule has 1 aromatic rings. The number of aromatic nitrogens is 2. The van der Waals surface area contributed by atoms with Crippen molar-refractivity contribution in [3.05, 3.63) is 17.0 Å². The van der Waals surface area contributed by atoms with E-state index in [-0.39, 0.29) is 11.5 Å². The second-order valence-corrected chi connectivity index (χ2v) is 5.97. The van der Waals surface area contributed by atoms with Crippen LogP contribution in [0.1, 0.15) is 39.4 Å². The van der Waals surface area contributed by atoms with Crippen molar-refractivity contribution in [1.82, 2.24) is 9.97 Å². The van der Waals surface area contributed by atoms with Crippen molar-refractivity contribution in [3.8, 4) is 0 Å². The van der Waals surface area contributed by atoms with Crippen molar-refractivity contribution in [2.45, 2.75) is 39.2 Å². The Bertz CT molecular complexity index is 434. The first-order chi connectivity index (χ1) is 8.40. The summed E-state index contributed by atoms with van der Waals surface area (Å²) in [7, 11) is 0. The van der Waals surface area contributed by atoms with Crippen LogP contribution in [0.3, 0.4) is 0 Å². The molecule has 0 bridgehead atoms. The van der Waals surface area contributed by atoms with Crippen LogP contribution in [-0.4, -0.2) is 35.3 Å². The number of hydrogen-bond donors (Lipinski definition) is 0. The molecule has 5 heteroatoms. The van der Waals surface area contributed by atoms with Crippen LogP contribution in [0.2, 0.25) is 5.15 Å². The summed E-state index contributed by atoms with van der Waals surface area (Å²) in [5.41, 5.74) is -0.0653. The Balaban J connectivity index is 2.37. The summed E-state index contributed by atoms with van der Waals surface area (Å²) in [6.45, 7) is 10.7. The molecule has 0 atom stereocenters. The van der Waals surface area contributed by atoms with Crippen molar-refractivity contribution in [2.75, 3.05) is 24.7 Å². The highest BCUT2D eigenvalue weighted by Crippen LogP contribution is 2.28. The zero-order valence-corrected chi connectivity index (χ0v) is 12.2. The molecule has 0 N–H and O–H groups in total. The molecular formula is C13H20ClN3O. The molecule has 100 valence electrons. The Kier molecular flexibility index (Phi) is 3.78. The van der Waals surface area contributed by atoms with Gasteiger partial charge in [-0.15, -0.1) is 0 Å². The molecule has 0 aliphatic carbocycles. The SMILES string of the molecule is CC(C)c1nc(Cl)cc(N2CCOCC2(C)C)n1. The fourth-order valence-corrected chi connectivity index (χ4v) is 2.29. The van der Waals surface area contributed by atoms with Gasteiger partial charge in [-0.05, 0) is 13.8 Å². The Labute approximate surface area is 113 Å². The summed E-state index contributed by atoms with van der Waals surface area (Å²) in [6, 6.07) is 1.83. The second kappa shape index (κ2) is 5.02. The molecular weight excluding hydrogens is 250 g/mol.